The van der Waals surface area contributed by atoms with E-state index in [4.69, 9.17) is 9.94 Å². The van der Waals surface area contributed by atoms with Gasteiger partial charge in [-0.15, -0.1) is 0 Å². The van der Waals surface area contributed by atoms with E-state index in [1.807, 2.05) is 19.2 Å². The predicted octanol–water partition coefficient (Wildman–Crippen LogP) is -0.844. The molecule has 4 nitrogen and oxygen atoms in total. The van der Waals surface area contributed by atoms with Crippen LogP contribution in [0.5, 0.6) is 0 Å². The molecule has 0 unspecified atom stereocenters. The number of rotatable bonds is 3. The SMILES string of the molecule is CN(C)CCN1C[C@@H](O)CO1. The zero-order valence-electron chi connectivity index (χ0n) is 7.16. The van der Waals surface area contributed by atoms with Gasteiger partial charge in [0.25, 0.3) is 0 Å². The molecule has 0 bridgehead atoms. The van der Waals surface area contributed by atoms with E-state index in [1.54, 1.807) is 0 Å². The summed E-state index contributed by atoms with van der Waals surface area (Å²) < 4.78 is 0. The molecule has 0 aromatic heterocycles. The first-order valence-corrected chi connectivity index (χ1v) is 3.89. The van der Waals surface area contributed by atoms with Crippen LogP contribution in [0, 0.1) is 0 Å². The molecule has 0 saturated carbocycles. The fourth-order valence-electron chi connectivity index (χ4n) is 0.999. The molecule has 66 valence electrons. The molecule has 11 heavy (non-hydrogen) atoms. The van der Waals surface area contributed by atoms with E-state index in [2.05, 4.69) is 4.90 Å². The number of hydroxylamine groups is 2. The molecule has 0 aromatic carbocycles. The quantitative estimate of drug-likeness (QED) is 0.584. The monoisotopic (exact) mass is 160 g/mol. The molecular weight excluding hydrogens is 144 g/mol. The summed E-state index contributed by atoms with van der Waals surface area (Å²) in [6.07, 6.45) is -0.294. The van der Waals surface area contributed by atoms with Crippen LogP contribution in [0.2, 0.25) is 0 Å². The van der Waals surface area contributed by atoms with Crippen LogP contribution in [-0.4, -0.2) is 61.5 Å². The Morgan fingerprint density at radius 1 is 1.64 bits per heavy atom. The van der Waals surface area contributed by atoms with Crippen LogP contribution in [-0.2, 0) is 4.84 Å². The lowest BCUT2D eigenvalue weighted by molar-refractivity contribution is -0.112. The molecule has 0 amide bonds. The second-order valence-corrected chi connectivity index (χ2v) is 3.14. The van der Waals surface area contributed by atoms with Crippen LogP contribution in [0.1, 0.15) is 0 Å². The lowest BCUT2D eigenvalue weighted by atomic mass is 10.4. The lowest BCUT2D eigenvalue weighted by Gasteiger charge is -2.16. The average Bonchev–Trinajstić information content (AvgIpc) is 2.31. The van der Waals surface area contributed by atoms with Crippen molar-refractivity contribution in [3.8, 4) is 0 Å². The summed E-state index contributed by atoms with van der Waals surface area (Å²) in [5, 5.41) is 10.9. The number of hydrogen-bond donors (Lipinski definition) is 1. The van der Waals surface area contributed by atoms with E-state index in [1.165, 1.54) is 0 Å². The van der Waals surface area contributed by atoms with Crippen molar-refractivity contribution >= 4 is 0 Å². The number of β-amino-alcohol motifs (C(OH)–C–C–N with tert-alkyl or cyclic N) is 1. The standard InChI is InChI=1S/C7H16N2O2/c1-8(2)3-4-9-5-7(10)6-11-9/h7,10H,3-6H2,1-2H3/t7-/m1/s1. The normalized spacial score (nSPS) is 26.7. The molecule has 1 aliphatic heterocycles. The number of nitrogens with zero attached hydrogens (tertiary/aromatic N) is 2. The van der Waals surface area contributed by atoms with E-state index in [-0.39, 0.29) is 6.10 Å². The number of likely N-dealkylation sites (N-methyl/N-ethyl adjacent to an activating group) is 1. The van der Waals surface area contributed by atoms with E-state index < -0.39 is 0 Å². The van der Waals surface area contributed by atoms with Crippen LogP contribution >= 0.6 is 0 Å². The van der Waals surface area contributed by atoms with Crippen molar-refractivity contribution in [2.45, 2.75) is 6.10 Å². The maximum atomic E-state index is 9.08. The molecule has 0 aromatic rings. The van der Waals surface area contributed by atoms with Gasteiger partial charge in [0.1, 0.15) is 0 Å². The fourth-order valence-corrected chi connectivity index (χ4v) is 0.999. The smallest absolute Gasteiger partial charge is 0.0958 e. The number of aliphatic hydroxyl groups is 1. The summed E-state index contributed by atoms with van der Waals surface area (Å²) in [5.41, 5.74) is 0. The Labute approximate surface area is 67.3 Å². The Balaban J connectivity index is 2.08. The molecule has 1 fully saturated rings. The molecule has 0 radical (unpaired) electrons. The van der Waals surface area contributed by atoms with Crippen LogP contribution in [0.3, 0.4) is 0 Å². The molecule has 0 spiro atoms. The van der Waals surface area contributed by atoms with Gasteiger partial charge in [-0.05, 0) is 14.1 Å². The largest absolute Gasteiger partial charge is 0.389 e. The Morgan fingerprint density at radius 3 is 2.82 bits per heavy atom. The first-order chi connectivity index (χ1) is 5.18. The van der Waals surface area contributed by atoms with Crippen molar-refractivity contribution in [3.63, 3.8) is 0 Å². The first kappa shape index (κ1) is 8.93. The summed E-state index contributed by atoms with van der Waals surface area (Å²) in [5.74, 6) is 0. The van der Waals surface area contributed by atoms with Gasteiger partial charge in [-0.1, -0.05) is 0 Å². The van der Waals surface area contributed by atoms with Crippen LogP contribution in [0.4, 0.5) is 0 Å². The maximum Gasteiger partial charge on any atom is 0.0958 e. The summed E-state index contributed by atoms with van der Waals surface area (Å²) in [6, 6.07) is 0. The van der Waals surface area contributed by atoms with Gasteiger partial charge in [-0.2, -0.15) is 5.06 Å². The average molecular weight is 160 g/mol. The van der Waals surface area contributed by atoms with Crippen molar-refractivity contribution in [1.29, 1.82) is 0 Å². The molecular formula is C7H16N2O2. The Morgan fingerprint density at radius 2 is 2.36 bits per heavy atom. The van der Waals surface area contributed by atoms with Crippen LogP contribution in [0.25, 0.3) is 0 Å². The highest BCUT2D eigenvalue weighted by Crippen LogP contribution is 2.03. The van der Waals surface area contributed by atoms with Gasteiger partial charge in [-0.25, -0.2) is 0 Å². The zero-order chi connectivity index (χ0) is 8.27. The molecule has 1 heterocycles. The van der Waals surface area contributed by atoms with Crippen molar-refractivity contribution in [2.75, 3.05) is 40.3 Å². The third-order valence-electron chi connectivity index (χ3n) is 1.66. The fraction of sp³-hybridized carbons (Fsp3) is 1.00. The molecule has 1 aliphatic rings. The Kier molecular flexibility index (Phi) is 3.26. The highest BCUT2D eigenvalue weighted by atomic mass is 16.7. The first-order valence-electron chi connectivity index (χ1n) is 3.89. The van der Waals surface area contributed by atoms with Crippen LogP contribution < -0.4 is 0 Å². The van der Waals surface area contributed by atoms with Gasteiger partial charge >= 0.3 is 0 Å². The summed E-state index contributed by atoms with van der Waals surface area (Å²) in [6.45, 7) is 2.93. The topological polar surface area (TPSA) is 35.9 Å². The van der Waals surface area contributed by atoms with Gasteiger partial charge in [0.15, 0.2) is 0 Å². The predicted molar refractivity (Wildman–Crippen MR) is 42.1 cm³/mol. The molecule has 1 saturated heterocycles. The Hall–Kier alpha value is -0.160. The van der Waals surface area contributed by atoms with Gasteiger partial charge in [0.2, 0.25) is 0 Å². The molecule has 1 rings (SSSR count). The third kappa shape index (κ3) is 3.16. The number of hydrogen-bond acceptors (Lipinski definition) is 4. The van der Waals surface area contributed by atoms with Gasteiger partial charge < -0.3 is 10.0 Å². The second-order valence-electron chi connectivity index (χ2n) is 3.14. The molecule has 1 N–H and O–H groups in total. The van der Waals surface area contributed by atoms with Crippen molar-refractivity contribution < 1.29 is 9.94 Å². The van der Waals surface area contributed by atoms with E-state index in [0.717, 1.165) is 13.1 Å². The van der Waals surface area contributed by atoms with E-state index >= 15 is 0 Å². The van der Waals surface area contributed by atoms with E-state index in [9.17, 15) is 0 Å². The minimum absolute atomic E-state index is 0.294. The highest BCUT2D eigenvalue weighted by Gasteiger charge is 2.20. The minimum atomic E-state index is -0.294. The molecule has 1 atom stereocenters. The van der Waals surface area contributed by atoms with Gasteiger partial charge in [-0.3, -0.25) is 4.84 Å². The van der Waals surface area contributed by atoms with Crippen molar-refractivity contribution in [1.82, 2.24) is 9.96 Å². The third-order valence-corrected chi connectivity index (χ3v) is 1.66. The van der Waals surface area contributed by atoms with E-state index in [0.29, 0.717) is 13.2 Å². The second kappa shape index (κ2) is 4.01. The lowest BCUT2D eigenvalue weighted by Crippen LogP contribution is -2.29. The van der Waals surface area contributed by atoms with Gasteiger partial charge in [0.05, 0.1) is 19.3 Å². The number of aliphatic hydroxyl groups excluding tert-OH is 1. The zero-order valence-corrected chi connectivity index (χ0v) is 7.16. The summed E-state index contributed by atoms with van der Waals surface area (Å²) in [7, 11) is 4.04. The summed E-state index contributed by atoms with van der Waals surface area (Å²) >= 11 is 0. The van der Waals surface area contributed by atoms with Crippen molar-refractivity contribution in [2.24, 2.45) is 0 Å². The highest BCUT2D eigenvalue weighted by molar-refractivity contribution is 4.64. The van der Waals surface area contributed by atoms with Gasteiger partial charge in [0, 0.05) is 13.1 Å². The molecule has 0 aliphatic carbocycles. The van der Waals surface area contributed by atoms with Crippen LogP contribution in [0.15, 0.2) is 0 Å². The summed E-state index contributed by atoms with van der Waals surface area (Å²) in [4.78, 5) is 7.26. The van der Waals surface area contributed by atoms with Crippen molar-refractivity contribution in [3.05, 3.63) is 0 Å². The minimum Gasteiger partial charge on any atom is -0.389 e. The Bertz CT molecular complexity index is 119. The maximum absolute atomic E-state index is 9.08. The molecule has 4 heteroatoms.